The molecule has 0 atom stereocenters. The van der Waals surface area contributed by atoms with Crippen molar-refractivity contribution in [3.63, 3.8) is 0 Å². The van der Waals surface area contributed by atoms with Crippen LogP contribution in [0.2, 0.25) is 0 Å². The summed E-state index contributed by atoms with van der Waals surface area (Å²) in [5, 5.41) is 8.74. The van der Waals surface area contributed by atoms with E-state index in [1.54, 1.807) is 0 Å². The molecule has 5 heteroatoms. The summed E-state index contributed by atoms with van der Waals surface area (Å²) in [4.78, 5) is 21.1. The number of hydrogen-bond donors (Lipinski definition) is 1. The molecule has 0 unspecified atom stereocenters. The fraction of sp³-hybridized carbons (Fsp3) is 0.583. The lowest BCUT2D eigenvalue weighted by Crippen LogP contribution is -2.32. The first kappa shape index (κ1) is 12.0. The summed E-state index contributed by atoms with van der Waals surface area (Å²) >= 11 is 0. The van der Waals surface area contributed by atoms with Crippen LogP contribution >= 0.6 is 0 Å². The fourth-order valence-electron chi connectivity index (χ4n) is 1.97. The van der Waals surface area contributed by atoms with E-state index in [1.807, 2.05) is 0 Å². The van der Waals surface area contributed by atoms with Crippen molar-refractivity contribution in [3.8, 4) is 0 Å². The molecule has 1 saturated heterocycles. The van der Waals surface area contributed by atoms with Gasteiger partial charge in [-0.05, 0) is 31.8 Å². The summed E-state index contributed by atoms with van der Waals surface area (Å²) in [6, 6.07) is 0. The van der Waals surface area contributed by atoms with E-state index in [0.29, 0.717) is 12.4 Å². The van der Waals surface area contributed by atoms with E-state index in [2.05, 4.69) is 21.8 Å². The normalized spacial score (nSPS) is 18.2. The minimum Gasteiger partial charge on any atom is -0.478 e. The van der Waals surface area contributed by atoms with Crippen molar-refractivity contribution in [1.29, 1.82) is 0 Å². The van der Waals surface area contributed by atoms with Crippen LogP contribution in [0, 0.1) is 5.92 Å². The van der Waals surface area contributed by atoms with Crippen LogP contribution in [0.25, 0.3) is 0 Å². The van der Waals surface area contributed by atoms with Gasteiger partial charge in [0.2, 0.25) is 0 Å². The molecule has 1 N–H and O–H groups in total. The maximum absolute atomic E-state index is 10.6. The first-order chi connectivity index (χ1) is 8.15. The Morgan fingerprint density at radius 1 is 1.41 bits per heavy atom. The molecule has 1 aromatic rings. The van der Waals surface area contributed by atoms with Crippen molar-refractivity contribution in [3.05, 3.63) is 23.8 Å². The monoisotopic (exact) mass is 235 g/mol. The number of aromatic carboxylic acids is 1. The van der Waals surface area contributed by atoms with Crippen LogP contribution in [-0.4, -0.2) is 39.0 Å². The van der Waals surface area contributed by atoms with Crippen molar-refractivity contribution in [2.75, 3.05) is 13.1 Å². The van der Waals surface area contributed by atoms with Gasteiger partial charge in [0.1, 0.15) is 5.82 Å². The number of rotatable bonds is 3. The van der Waals surface area contributed by atoms with Gasteiger partial charge in [-0.15, -0.1) is 0 Å². The molecule has 2 heterocycles. The van der Waals surface area contributed by atoms with Gasteiger partial charge in [0, 0.05) is 12.4 Å². The molecule has 0 amide bonds. The fourth-order valence-corrected chi connectivity index (χ4v) is 1.97. The number of piperidine rings is 1. The summed E-state index contributed by atoms with van der Waals surface area (Å²) in [7, 11) is 0. The highest BCUT2D eigenvalue weighted by molar-refractivity contribution is 5.86. The second-order valence-corrected chi connectivity index (χ2v) is 4.65. The Kier molecular flexibility index (Phi) is 3.68. The van der Waals surface area contributed by atoms with Gasteiger partial charge in [0.15, 0.2) is 0 Å². The second kappa shape index (κ2) is 5.23. The number of aromatic nitrogens is 2. The summed E-state index contributed by atoms with van der Waals surface area (Å²) in [5.41, 5.74) is 0.140. The number of carbonyl (C=O) groups is 1. The Morgan fingerprint density at radius 3 is 2.53 bits per heavy atom. The van der Waals surface area contributed by atoms with Crippen LogP contribution in [0.3, 0.4) is 0 Å². The van der Waals surface area contributed by atoms with E-state index in [1.165, 1.54) is 25.2 Å². The molecule has 92 valence electrons. The Labute approximate surface area is 100 Å². The number of carboxylic acids is 1. The average Bonchev–Trinajstić information content (AvgIpc) is 2.33. The Hall–Kier alpha value is -1.49. The lowest BCUT2D eigenvalue weighted by Gasteiger charge is -2.29. The van der Waals surface area contributed by atoms with Crippen LogP contribution < -0.4 is 0 Å². The minimum atomic E-state index is -0.983. The number of nitrogens with zero attached hydrogens (tertiary/aromatic N) is 3. The largest absolute Gasteiger partial charge is 0.478 e. The van der Waals surface area contributed by atoms with Gasteiger partial charge >= 0.3 is 5.97 Å². The van der Waals surface area contributed by atoms with E-state index in [9.17, 15) is 4.79 Å². The molecule has 0 spiro atoms. The van der Waals surface area contributed by atoms with Gasteiger partial charge in [0.25, 0.3) is 0 Å². The molecule has 5 nitrogen and oxygen atoms in total. The SMILES string of the molecule is CC1CCN(Cc2ncc(C(=O)O)cn2)CC1. The summed E-state index contributed by atoms with van der Waals surface area (Å²) in [6.45, 7) is 5.14. The molecule has 17 heavy (non-hydrogen) atoms. The smallest absolute Gasteiger partial charge is 0.338 e. The van der Waals surface area contributed by atoms with Crippen molar-refractivity contribution in [2.45, 2.75) is 26.3 Å². The Balaban J connectivity index is 1.92. The van der Waals surface area contributed by atoms with Crippen molar-refractivity contribution >= 4 is 5.97 Å². The summed E-state index contributed by atoms with van der Waals surface area (Å²) in [6.07, 6.45) is 5.18. The zero-order valence-corrected chi connectivity index (χ0v) is 9.96. The van der Waals surface area contributed by atoms with Gasteiger partial charge < -0.3 is 5.11 Å². The quantitative estimate of drug-likeness (QED) is 0.858. The van der Waals surface area contributed by atoms with Gasteiger partial charge in [-0.3, -0.25) is 4.90 Å². The summed E-state index contributed by atoms with van der Waals surface area (Å²) in [5.74, 6) is 0.523. The lowest BCUT2D eigenvalue weighted by molar-refractivity contribution is 0.0695. The average molecular weight is 235 g/mol. The highest BCUT2D eigenvalue weighted by Crippen LogP contribution is 2.16. The van der Waals surface area contributed by atoms with Crippen LogP contribution in [0.4, 0.5) is 0 Å². The molecule has 1 aromatic heterocycles. The molecule has 1 aliphatic heterocycles. The molecule has 1 fully saturated rings. The van der Waals surface area contributed by atoms with Crippen molar-refractivity contribution in [1.82, 2.24) is 14.9 Å². The first-order valence-corrected chi connectivity index (χ1v) is 5.91. The molecule has 1 aliphatic rings. The topological polar surface area (TPSA) is 66.3 Å². The van der Waals surface area contributed by atoms with Crippen LogP contribution in [0.1, 0.15) is 35.9 Å². The van der Waals surface area contributed by atoms with Gasteiger partial charge in [0.05, 0.1) is 12.1 Å². The maximum Gasteiger partial charge on any atom is 0.338 e. The molecule has 0 saturated carbocycles. The zero-order valence-electron chi connectivity index (χ0n) is 9.96. The lowest BCUT2D eigenvalue weighted by atomic mass is 9.99. The van der Waals surface area contributed by atoms with Crippen LogP contribution in [0.5, 0.6) is 0 Å². The molecular weight excluding hydrogens is 218 g/mol. The molecule has 0 radical (unpaired) electrons. The first-order valence-electron chi connectivity index (χ1n) is 5.91. The van der Waals surface area contributed by atoms with E-state index in [-0.39, 0.29) is 5.56 Å². The molecule has 2 rings (SSSR count). The summed E-state index contributed by atoms with van der Waals surface area (Å²) < 4.78 is 0. The second-order valence-electron chi connectivity index (χ2n) is 4.65. The molecule has 0 bridgehead atoms. The highest BCUT2D eigenvalue weighted by atomic mass is 16.4. The van der Waals surface area contributed by atoms with E-state index >= 15 is 0 Å². The minimum absolute atomic E-state index is 0.140. The highest BCUT2D eigenvalue weighted by Gasteiger charge is 2.16. The Morgan fingerprint density at radius 2 is 2.00 bits per heavy atom. The predicted molar refractivity (Wildman–Crippen MR) is 62.7 cm³/mol. The van der Waals surface area contributed by atoms with Gasteiger partial charge in [-0.2, -0.15) is 0 Å². The maximum atomic E-state index is 10.6. The van der Waals surface area contributed by atoms with Gasteiger partial charge in [-0.25, -0.2) is 14.8 Å². The molecule has 0 aromatic carbocycles. The number of carboxylic acid groups (broad SMARTS) is 1. The van der Waals surface area contributed by atoms with Crippen molar-refractivity contribution in [2.24, 2.45) is 5.92 Å². The Bertz CT molecular complexity index is 383. The van der Waals surface area contributed by atoms with E-state index in [4.69, 9.17) is 5.11 Å². The van der Waals surface area contributed by atoms with Gasteiger partial charge in [-0.1, -0.05) is 6.92 Å². The van der Waals surface area contributed by atoms with E-state index in [0.717, 1.165) is 19.0 Å². The third kappa shape index (κ3) is 3.23. The molecular formula is C12H17N3O2. The standard InChI is InChI=1S/C12H17N3O2/c1-9-2-4-15(5-3-9)8-11-13-6-10(7-14-11)12(16)17/h6-7,9H,2-5,8H2,1H3,(H,16,17). The third-order valence-corrected chi connectivity index (χ3v) is 3.19. The zero-order chi connectivity index (χ0) is 12.3. The van der Waals surface area contributed by atoms with Crippen LogP contribution in [0.15, 0.2) is 12.4 Å². The number of likely N-dealkylation sites (tertiary alicyclic amines) is 1. The molecule has 0 aliphatic carbocycles. The van der Waals surface area contributed by atoms with Crippen LogP contribution in [-0.2, 0) is 6.54 Å². The predicted octanol–water partition coefficient (Wildman–Crippen LogP) is 1.41. The van der Waals surface area contributed by atoms with Crippen molar-refractivity contribution < 1.29 is 9.90 Å². The number of hydrogen-bond acceptors (Lipinski definition) is 4. The third-order valence-electron chi connectivity index (χ3n) is 3.19. The van der Waals surface area contributed by atoms with E-state index < -0.39 is 5.97 Å².